The Morgan fingerprint density at radius 2 is 1.89 bits per heavy atom. The minimum absolute atomic E-state index is 0.129. The highest BCUT2D eigenvalue weighted by Crippen LogP contribution is 2.16. The van der Waals surface area contributed by atoms with E-state index >= 15 is 0 Å². The smallest absolute Gasteiger partial charge is 0.128 e. The second-order valence-electron chi connectivity index (χ2n) is 5.21. The van der Waals surface area contributed by atoms with E-state index in [1.165, 1.54) is 32.1 Å². The van der Waals surface area contributed by atoms with E-state index in [-0.39, 0.29) is 5.82 Å². The average Bonchev–Trinajstić information content (AvgIpc) is 2.34. The summed E-state index contributed by atoms with van der Waals surface area (Å²) in [6.45, 7) is 6.18. The SMILES string of the molecule is CCCCCCCC(C)Nc1ccc(C)c(F)c1. The summed E-state index contributed by atoms with van der Waals surface area (Å²) in [5, 5.41) is 3.36. The maximum Gasteiger partial charge on any atom is 0.128 e. The van der Waals surface area contributed by atoms with Gasteiger partial charge in [0.15, 0.2) is 0 Å². The summed E-state index contributed by atoms with van der Waals surface area (Å²) in [4.78, 5) is 0. The van der Waals surface area contributed by atoms with E-state index in [0.717, 1.165) is 12.1 Å². The Kier molecular flexibility index (Phi) is 6.77. The first-order chi connectivity index (χ1) is 8.63. The van der Waals surface area contributed by atoms with Crippen molar-refractivity contribution in [1.82, 2.24) is 0 Å². The Balaban J connectivity index is 2.26. The lowest BCUT2D eigenvalue weighted by Crippen LogP contribution is -2.15. The molecule has 1 aromatic rings. The number of anilines is 1. The molecule has 1 N–H and O–H groups in total. The van der Waals surface area contributed by atoms with Gasteiger partial charge in [0.2, 0.25) is 0 Å². The van der Waals surface area contributed by atoms with E-state index in [1.807, 2.05) is 12.1 Å². The van der Waals surface area contributed by atoms with Crippen LogP contribution in [0.25, 0.3) is 0 Å². The molecule has 0 fully saturated rings. The fourth-order valence-electron chi connectivity index (χ4n) is 2.09. The van der Waals surface area contributed by atoms with Crippen molar-refractivity contribution in [3.05, 3.63) is 29.6 Å². The van der Waals surface area contributed by atoms with E-state index in [1.54, 1.807) is 13.0 Å². The van der Waals surface area contributed by atoms with Crippen molar-refractivity contribution < 1.29 is 4.39 Å². The Hall–Kier alpha value is -1.05. The minimum Gasteiger partial charge on any atom is -0.383 e. The van der Waals surface area contributed by atoms with Crippen LogP contribution >= 0.6 is 0 Å². The molecule has 1 rings (SSSR count). The van der Waals surface area contributed by atoms with E-state index in [9.17, 15) is 4.39 Å². The maximum absolute atomic E-state index is 13.4. The summed E-state index contributed by atoms with van der Waals surface area (Å²) < 4.78 is 13.4. The van der Waals surface area contributed by atoms with Gasteiger partial charge in [-0.15, -0.1) is 0 Å². The van der Waals surface area contributed by atoms with Crippen LogP contribution in [-0.4, -0.2) is 6.04 Å². The first kappa shape index (κ1) is 15.0. The first-order valence-electron chi connectivity index (χ1n) is 7.16. The molecule has 0 spiro atoms. The average molecular weight is 251 g/mol. The molecule has 0 aliphatic heterocycles. The molecule has 0 bridgehead atoms. The first-order valence-corrected chi connectivity index (χ1v) is 7.16. The largest absolute Gasteiger partial charge is 0.383 e. The van der Waals surface area contributed by atoms with Gasteiger partial charge in [-0.05, 0) is 38.0 Å². The van der Waals surface area contributed by atoms with E-state index in [2.05, 4.69) is 19.2 Å². The van der Waals surface area contributed by atoms with Gasteiger partial charge in [0.1, 0.15) is 5.82 Å². The van der Waals surface area contributed by atoms with Gasteiger partial charge < -0.3 is 5.32 Å². The summed E-state index contributed by atoms with van der Waals surface area (Å²) >= 11 is 0. The summed E-state index contributed by atoms with van der Waals surface area (Å²) in [5.41, 5.74) is 1.59. The van der Waals surface area contributed by atoms with Crippen LogP contribution in [0, 0.1) is 12.7 Å². The summed E-state index contributed by atoms with van der Waals surface area (Å²) in [7, 11) is 0. The molecule has 1 atom stereocenters. The molecule has 102 valence electrons. The molecule has 0 heterocycles. The van der Waals surface area contributed by atoms with E-state index in [0.29, 0.717) is 11.6 Å². The van der Waals surface area contributed by atoms with Crippen molar-refractivity contribution in [2.45, 2.75) is 65.3 Å². The molecule has 1 aromatic carbocycles. The Labute approximate surface area is 111 Å². The monoisotopic (exact) mass is 251 g/mol. The maximum atomic E-state index is 13.4. The molecule has 0 aliphatic rings. The minimum atomic E-state index is -0.129. The number of nitrogens with one attached hydrogen (secondary N) is 1. The molecule has 1 unspecified atom stereocenters. The second-order valence-corrected chi connectivity index (χ2v) is 5.21. The molecule has 0 saturated heterocycles. The van der Waals surface area contributed by atoms with Gasteiger partial charge in [0, 0.05) is 11.7 Å². The number of rotatable bonds is 8. The lowest BCUT2D eigenvalue weighted by molar-refractivity contribution is 0.577. The molecule has 2 heteroatoms. The van der Waals surface area contributed by atoms with E-state index in [4.69, 9.17) is 0 Å². The predicted molar refractivity (Wildman–Crippen MR) is 77.6 cm³/mol. The van der Waals surface area contributed by atoms with Crippen molar-refractivity contribution in [3.63, 3.8) is 0 Å². The van der Waals surface area contributed by atoms with Gasteiger partial charge >= 0.3 is 0 Å². The Morgan fingerprint density at radius 1 is 1.17 bits per heavy atom. The molecule has 0 amide bonds. The fourth-order valence-corrected chi connectivity index (χ4v) is 2.09. The zero-order chi connectivity index (χ0) is 13.4. The van der Waals surface area contributed by atoms with Crippen LogP contribution in [0.5, 0.6) is 0 Å². The number of halogens is 1. The van der Waals surface area contributed by atoms with Crippen molar-refractivity contribution >= 4 is 5.69 Å². The molecule has 0 radical (unpaired) electrons. The van der Waals surface area contributed by atoms with E-state index < -0.39 is 0 Å². The van der Waals surface area contributed by atoms with Gasteiger partial charge in [0.25, 0.3) is 0 Å². The third kappa shape index (κ3) is 5.52. The predicted octanol–water partition coefficient (Wildman–Crippen LogP) is 5.30. The number of unbranched alkanes of at least 4 members (excludes halogenated alkanes) is 4. The number of benzene rings is 1. The summed E-state index contributed by atoms with van der Waals surface area (Å²) in [6, 6.07) is 5.77. The number of hydrogen-bond acceptors (Lipinski definition) is 1. The standard InChI is InChI=1S/C16H26FN/c1-4-5-6-7-8-9-14(3)18-15-11-10-13(2)16(17)12-15/h10-12,14,18H,4-9H2,1-3H3. The zero-order valence-electron chi connectivity index (χ0n) is 11.9. The van der Waals surface area contributed by atoms with Crippen LogP contribution in [0.1, 0.15) is 57.9 Å². The highest BCUT2D eigenvalue weighted by Gasteiger charge is 2.04. The summed E-state index contributed by atoms with van der Waals surface area (Å²) in [5.74, 6) is -0.129. The Bertz CT molecular complexity index is 349. The van der Waals surface area contributed by atoms with Gasteiger partial charge in [-0.3, -0.25) is 0 Å². The van der Waals surface area contributed by atoms with Crippen LogP contribution in [0.2, 0.25) is 0 Å². The van der Waals surface area contributed by atoms with Crippen molar-refractivity contribution in [2.24, 2.45) is 0 Å². The summed E-state index contributed by atoms with van der Waals surface area (Å²) in [6.07, 6.45) is 7.67. The fraction of sp³-hybridized carbons (Fsp3) is 0.625. The van der Waals surface area contributed by atoms with Gasteiger partial charge in [-0.1, -0.05) is 45.1 Å². The van der Waals surface area contributed by atoms with Crippen LogP contribution in [0.15, 0.2) is 18.2 Å². The highest BCUT2D eigenvalue weighted by atomic mass is 19.1. The Morgan fingerprint density at radius 3 is 2.56 bits per heavy atom. The molecule has 0 aliphatic carbocycles. The van der Waals surface area contributed by atoms with Crippen molar-refractivity contribution in [3.8, 4) is 0 Å². The van der Waals surface area contributed by atoms with Crippen LogP contribution < -0.4 is 5.32 Å². The number of hydrogen-bond donors (Lipinski definition) is 1. The van der Waals surface area contributed by atoms with Crippen molar-refractivity contribution in [2.75, 3.05) is 5.32 Å². The molecule has 1 nitrogen and oxygen atoms in total. The van der Waals surface area contributed by atoms with Gasteiger partial charge in [-0.25, -0.2) is 4.39 Å². The molecule has 0 aromatic heterocycles. The molecular formula is C16H26FN. The van der Waals surface area contributed by atoms with Crippen molar-refractivity contribution in [1.29, 1.82) is 0 Å². The van der Waals surface area contributed by atoms with Crippen LogP contribution in [0.3, 0.4) is 0 Å². The zero-order valence-corrected chi connectivity index (χ0v) is 11.9. The van der Waals surface area contributed by atoms with Gasteiger partial charge in [-0.2, -0.15) is 0 Å². The second kappa shape index (κ2) is 8.12. The topological polar surface area (TPSA) is 12.0 Å². The van der Waals surface area contributed by atoms with Gasteiger partial charge in [0.05, 0.1) is 0 Å². The lowest BCUT2D eigenvalue weighted by atomic mass is 10.1. The lowest BCUT2D eigenvalue weighted by Gasteiger charge is -2.15. The molecular weight excluding hydrogens is 225 g/mol. The quantitative estimate of drug-likeness (QED) is 0.619. The van der Waals surface area contributed by atoms with Crippen LogP contribution in [0.4, 0.5) is 10.1 Å². The normalized spacial score (nSPS) is 12.4. The molecule has 18 heavy (non-hydrogen) atoms. The highest BCUT2D eigenvalue weighted by molar-refractivity contribution is 5.45. The number of aryl methyl sites for hydroxylation is 1. The molecule has 0 saturated carbocycles. The van der Waals surface area contributed by atoms with Crippen LogP contribution in [-0.2, 0) is 0 Å². The third-order valence-corrected chi connectivity index (χ3v) is 3.33. The third-order valence-electron chi connectivity index (χ3n) is 3.33.